The molecule has 0 atom stereocenters. The lowest BCUT2D eigenvalue weighted by Crippen LogP contribution is -2.35. The summed E-state index contributed by atoms with van der Waals surface area (Å²) in [5.41, 5.74) is 2.64. The van der Waals surface area contributed by atoms with E-state index in [1.807, 2.05) is 19.9 Å². The zero-order valence-corrected chi connectivity index (χ0v) is 17.9. The van der Waals surface area contributed by atoms with Gasteiger partial charge in [0.05, 0.1) is 30.6 Å². The molecule has 9 heteroatoms. The van der Waals surface area contributed by atoms with Crippen molar-refractivity contribution in [3.8, 4) is 11.6 Å². The van der Waals surface area contributed by atoms with Crippen molar-refractivity contribution >= 4 is 29.1 Å². The molecule has 0 radical (unpaired) electrons. The van der Waals surface area contributed by atoms with Crippen molar-refractivity contribution in [2.24, 2.45) is 0 Å². The Balaban J connectivity index is 1.66. The van der Waals surface area contributed by atoms with Crippen LogP contribution in [-0.2, 0) is 4.79 Å². The van der Waals surface area contributed by atoms with E-state index >= 15 is 0 Å². The van der Waals surface area contributed by atoms with Crippen molar-refractivity contribution in [3.63, 3.8) is 0 Å². The van der Waals surface area contributed by atoms with E-state index in [1.165, 1.54) is 18.2 Å². The quantitative estimate of drug-likeness (QED) is 0.652. The Kier molecular flexibility index (Phi) is 6.37. The second kappa shape index (κ2) is 8.96. The Morgan fingerprint density at radius 3 is 2.57 bits per heavy atom. The number of nitrogens with one attached hydrogen (secondary N) is 1. The molecule has 0 aliphatic carbocycles. The SMILES string of the molecule is COc1ccc(Cl)cc1NC(=O)CN(C)C(=O)c1ccc(-n2nc(C)cc2C)nc1. The van der Waals surface area contributed by atoms with Gasteiger partial charge in [-0.25, -0.2) is 9.67 Å². The number of carbonyl (C=O) groups excluding carboxylic acids is 2. The maximum atomic E-state index is 12.7. The topological polar surface area (TPSA) is 89.4 Å². The second-order valence-electron chi connectivity index (χ2n) is 6.80. The van der Waals surface area contributed by atoms with Gasteiger partial charge in [0.1, 0.15) is 5.75 Å². The number of rotatable bonds is 6. The van der Waals surface area contributed by atoms with E-state index in [0.29, 0.717) is 27.8 Å². The summed E-state index contributed by atoms with van der Waals surface area (Å²) < 4.78 is 6.92. The van der Waals surface area contributed by atoms with Crippen molar-refractivity contribution in [2.45, 2.75) is 13.8 Å². The van der Waals surface area contributed by atoms with Crippen LogP contribution in [0.5, 0.6) is 5.75 Å². The molecular weight excluding hydrogens is 406 g/mol. The molecule has 0 saturated heterocycles. The van der Waals surface area contributed by atoms with Gasteiger partial charge in [-0.3, -0.25) is 9.59 Å². The van der Waals surface area contributed by atoms with Gasteiger partial charge in [-0.05, 0) is 50.2 Å². The Labute approximate surface area is 179 Å². The summed E-state index contributed by atoms with van der Waals surface area (Å²) in [4.78, 5) is 30.7. The van der Waals surface area contributed by atoms with Gasteiger partial charge in [0.25, 0.3) is 5.91 Å². The number of amides is 2. The van der Waals surface area contributed by atoms with E-state index in [1.54, 1.807) is 42.1 Å². The zero-order valence-electron chi connectivity index (χ0n) is 17.1. The van der Waals surface area contributed by atoms with Gasteiger partial charge >= 0.3 is 0 Å². The van der Waals surface area contributed by atoms with Crippen molar-refractivity contribution in [1.82, 2.24) is 19.7 Å². The number of aromatic nitrogens is 3. The highest BCUT2D eigenvalue weighted by Gasteiger charge is 2.17. The molecule has 0 spiro atoms. The maximum Gasteiger partial charge on any atom is 0.255 e. The van der Waals surface area contributed by atoms with Crippen molar-refractivity contribution in [2.75, 3.05) is 26.0 Å². The van der Waals surface area contributed by atoms with E-state index in [9.17, 15) is 9.59 Å². The second-order valence-corrected chi connectivity index (χ2v) is 7.23. The van der Waals surface area contributed by atoms with Crippen LogP contribution in [0.2, 0.25) is 5.02 Å². The molecule has 0 saturated carbocycles. The first kappa shape index (κ1) is 21.3. The standard InChI is InChI=1S/C21H22ClN5O3/c1-13-9-14(2)27(25-13)19-8-5-15(11-23-19)21(29)26(3)12-20(28)24-17-10-16(22)6-7-18(17)30-4/h5-11H,12H2,1-4H3,(H,24,28). The number of aryl methyl sites for hydroxylation is 2. The summed E-state index contributed by atoms with van der Waals surface area (Å²) in [6, 6.07) is 10.2. The van der Waals surface area contributed by atoms with Crippen LogP contribution >= 0.6 is 11.6 Å². The molecule has 2 heterocycles. The van der Waals surface area contributed by atoms with Gasteiger partial charge in [-0.2, -0.15) is 5.10 Å². The van der Waals surface area contributed by atoms with Gasteiger partial charge in [-0.1, -0.05) is 11.6 Å². The predicted molar refractivity (Wildman–Crippen MR) is 114 cm³/mol. The predicted octanol–water partition coefficient (Wildman–Crippen LogP) is 3.26. The molecule has 0 aliphatic rings. The molecule has 3 aromatic rings. The third-order valence-corrected chi connectivity index (χ3v) is 4.62. The summed E-state index contributed by atoms with van der Waals surface area (Å²) in [5, 5.41) is 7.55. The van der Waals surface area contributed by atoms with Crippen LogP contribution in [0.3, 0.4) is 0 Å². The van der Waals surface area contributed by atoms with E-state index in [0.717, 1.165) is 11.4 Å². The first-order valence-electron chi connectivity index (χ1n) is 9.17. The molecule has 1 N–H and O–H groups in total. The van der Waals surface area contributed by atoms with Gasteiger partial charge < -0.3 is 15.0 Å². The van der Waals surface area contributed by atoms with E-state index in [4.69, 9.17) is 16.3 Å². The average Bonchev–Trinajstić information content (AvgIpc) is 3.05. The number of carbonyl (C=O) groups is 2. The summed E-state index contributed by atoms with van der Waals surface area (Å²) in [6.45, 7) is 3.69. The highest BCUT2D eigenvalue weighted by molar-refractivity contribution is 6.31. The number of hydrogen-bond donors (Lipinski definition) is 1. The monoisotopic (exact) mass is 427 g/mol. The number of halogens is 1. The smallest absolute Gasteiger partial charge is 0.255 e. The average molecular weight is 428 g/mol. The molecule has 1 aromatic carbocycles. The number of anilines is 1. The summed E-state index contributed by atoms with van der Waals surface area (Å²) in [5.74, 6) is 0.394. The Hall–Kier alpha value is -3.39. The minimum Gasteiger partial charge on any atom is -0.495 e. The lowest BCUT2D eigenvalue weighted by molar-refractivity contribution is -0.116. The molecule has 156 valence electrons. The van der Waals surface area contributed by atoms with Crippen LogP contribution in [0.1, 0.15) is 21.7 Å². The highest BCUT2D eigenvalue weighted by atomic mass is 35.5. The lowest BCUT2D eigenvalue weighted by Gasteiger charge is -2.17. The highest BCUT2D eigenvalue weighted by Crippen LogP contribution is 2.27. The first-order chi connectivity index (χ1) is 14.3. The number of pyridine rings is 1. The Morgan fingerprint density at radius 1 is 1.20 bits per heavy atom. The largest absolute Gasteiger partial charge is 0.495 e. The molecule has 8 nitrogen and oxygen atoms in total. The number of hydrogen-bond acceptors (Lipinski definition) is 5. The molecule has 0 unspecified atom stereocenters. The maximum absolute atomic E-state index is 12.7. The summed E-state index contributed by atoms with van der Waals surface area (Å²) >= 11 is 5.98. The van der Waals surface area contributed by atoms with Crippen LogP contribution in [0.15, 0.2) is 42.6 Å². The van der Waals surface area contributed by atoms with Crippen LogP contribution in [0.25, 0.3) is 5.82 Å². The Bertz CT molecular complexity index is 1080. The number of benzene rings is 1. The fourth-order valence-corrected chi connectivity index (χ4v) is 3.15. The molecule has 3 rings (SSSR count). The summed E-state index contributed by atoms with van der Waals surface area (Å²) in [7, 11) is 3.04. The van der Waals surface area contributed by atoms with Gasteiger partial charge in [0, 0.05) is 24.0 Å². The van der Waals surface area contributed by atoms with Crippen LogP contribution in [-0.4, -0.2) is 52.2 Å². The molecule has 0 fully saturated rings. The van der Waals surface area contributed by atoms with Gasteiger partial charge in [0.2, 0.25) is 5.91 Å². The van der Waals surface area contributed by atoms with Crippen LogP contribution < -0.4 is 10.1 Å². The fourth-order valence-electron chi connectivity index (χ4n) is 2.97. The molecule has 2 amide bonds. The normalized spacial score (nSPS) is 10.6. The Morgan fingerprint density at radius 2 is 1.97 bits per heavy atom. The minimum atomic E-state index is -0.376. The number of nitrogens with zero attached hydrogens (tertiary/aromatic N) is 4. The zero-order chi connectivity index (χ0) is 21.8. The van der Waals surface area contributed by atoms with E-state index in [2.05, 4.69) is 15.4 Å². The van der Waals surface area contributed by atoms with Crippen LogP contribution in [0, 0.1) is 13.8 Å². The minimum absolute atomic E-state index is 0.145. The molecule has 0 aliphatic heterocycles. The molecule has 0 bridgehead atoms. The lowest BCUT2D eigenvalue weighted by atomic mass is 10.2. The third-order valence-electron chi connectivity index (χ3n) is 4.38. The molecule has 2 aromatic heterocycles. The van der Waals surface area contributed by atoms with E-state index in [-0.39, 0.29) is 18.4 Å². The molecular formula is C21H22ClN5O3. The van der Waals surface area contributed by atoms with Crippen molar-refractivity contribution in [1.29, 1.82) is 0 Å². The number of likely N-dealkylation sites (N-methyl/N-ethyl adjacent to an activating group) is 1. The van der Waals surface area contributed by atoms with Crippen molar-refractivity contribution in [3.05, 3.63) is 64.6 Å². The third kappa shape index (κ3) is 4.77. The van der Waals surface area contributed by atoms with Crippen molar-refractivity contribution < 1.29 is 14.3 Å². The van der Waals surface area contributed by atoms with Gasteiger partial charge in [0.15, 0.2) is 5.82 Å². The fraction of sp³-hybridized carbons (Fsp3) is 0.238. The first-order valence-corrected chi connectivity index (χ1v) is 9.55. The molecule has 30 heavy (non-hydrogen) atoms. The number of methoxy groups -OCH3 is 1. The van der Waals surface area contributed by atoms with Gasteiger partial charge in [-0.15, -0.1) is 0 Å². The van der Waals surface area contributed by atoms with Crippen LogP contribution in [0.4, 0.5) is 5.69 Å². The number of ether oxygens (including phenoxy) is 1. The summed E-state index contributed by atoms with van der Waals surface area (Å²) in [6.07, 6.45) is 1.47. The van der Waals surface area contributed by atoms with E-state index < -0.39 is 0 Å².